The van der Waals surface area contributed by atoms with Crippen molar-refractivity contribution < 1.29 is 20.1 Å². The van der Waals surface area contributed by atoms with E-state index in [1.807, 2.05) is 0 Å². The van der Waals surface area contributed by atoms with Crippen molar-refractivity contribution in [1.29, 1.82) is 0 Å². The standard InChI is InChI=1S/C9H18ClNO4S/c1-3(10)4(11)8-6(13)5(12)7(14)9(15-8)16-2/h3-9,12-14H,11H2,1-2H3/t3-,4+,5?,6+,7?,8?,9+/m0/s1. The van der Waals surface area contributed by atoms with Crippen LogP contribution < -0.4 is 5.73 Å². The summed E-state index contributed by atoms with van der Waals surface area (Å²) in [5, 5.41) is 28.6. The van der Waals surface area contributed by atoms with Crippen LogP contribution in [0, 0.1) is 0 Å². The number of halogens is 1. The SMILES string of the molecule is CS[C@H]1OC([C@H](N)[C@H](C)Cl)[C@H](O)C(O)C1O. The molecule has 0 saturated carbocycles. The van der Waals surface area contributed by atoms with Crippen molar-refractivity contribution in [3.05, 3.63) is 0 Å². The summed E-state index contributed by atoms with van der Waals surface area (Å²) in [6.07, 6.45) is -2.65. The zero-order chi connectivity index (χ0) is 12.5. The first-order valence-electron chi connectivity index (χ1n) is 5.02. The van der Waals surface area contributed by atoms with Crippen LogP contribution in [0.25, 0.3) is 0 Å². The molecular weight excluding hydrogens is 254 g/mol. The van der Waals surface area contributed by atoms with Crippen LogP contribution in [0.1, 0.15) is 6.92 Å². The van der Waals surface area contributed by atoms with E-state index in [4.69, 9.17) is 22.1 Å². The van der Waals surface area contributed by atoms with Crippen LogP contribution in [0.2, 0.25) is 0 Å². The summed E-state index contributed by atoms with van der Waals surface area (Å²) in [5.74, 6) is 0. The highest BCUT2D eigenvalue weighted by atomic mass is 35.5. The molecule has 0 aromatic carbocycles. The van der Waals surface area contributed by atoms with Gasteiger partial charge in [0, 0.05) is 11.4 Å². The van der Waals surface area contributed by atoms with Crippen LogP contribution in [-0.4, -0.2) is 62.8 Å². The largest absolute Gasteiger partial charge is 0.388 e. The molecule has 5 nitrogen and oxygen atoms in total. The lowest BCUT2D eigenvalue weighted by molar-refractivity contribution is -0.202. The molecule has 7 heteroatoms. The molecule has 1 saturated heterocycles. The first-order chi connectivity index (χ1) is 7.40. The van der Waals surface area contributed by atoms with E-state index in [0.717, 1.165) is 0 Å². The molecule has 1 rings (SSSR count). The Bertz CT molecular complexity index is 232. The van der Waals surface area contributed by atoms with Gasteiger partial charge in [0.25, 0.3) is 0 Å². The maximum atomic E-state index is 9.76. The van der Waals surface area contributed by atoms with Gasteiger partial charge in [-0.15, -0.1) is 23.4 Å². The van der Waals surface area contributed by atoms with E-state index in [9.17, 15) is 15.3 Å². The molecule has 0 aromatic heterocycles. The Morgan fingerprint density at radius 3 is 2.25 bits per heavy atom. The summed E-state index contributed by atoms with van der Waals surface area (Å²) in [4.78, 5) is 0. The zero-order valence-electron chi connectivity index (χ0n) is 9.15. The Hall–Kier alpha value is 0.440. The number of hydrogen-bond acceptors (Lipinski definition) is 6. The minimum atomic E-state index is -1.27. The van der Waals surface area contributed by atoms with Crippen LogP contribution in [0.5, 0.6) is 0 Å². The Labute approximate surface area is 104 Å². The van der Waals surface area contributed by atoms with Crippen LogP contribution in [0.3, 0.4) is 0 Å². The molecule has 96 valence electrons. The fourth-order valence-corrected chi connectivity index (χ4v) is 2.47. The van der Waals surface area contributed by atoms with Gasteiger partial charge in [-0.05, 0) is 13.2 Å². The van der Waals surface area contributed by atoms with Gasteiger partial charge >= 0.3 is 0 Å². The number of aliphatic hydroxyl groups excluding tert-OH is 3. The third-order valence-electron chi connectivity index (χ3n) is 2.75. The minimum Gasteiger partial charge on any atom is -0.388 e. The van der Waals surface area contributed by atoms with Crippen LogP contribution in [0.15, 0.2) is 0 Å². The predicted molar refractivity (Wildman–Crippen MR) is 63.5 cm³/mol. The van der Waals surface area contributed by atoms with Gasteiger partial charge in [-0.3, -0.25) is 0 Å². The van der Waals surface area contributed by atoms with Crippen molar-refractivity contribution in [2.24, 2.45) is 5.73 Å². The summed E-state index contributed by atoms with van der Waals surface area (Å²) in [6.45, 7) is 1.69. The maximum Gasteiger partial charge on any atom is 0.132 e. The van der Waals surface area contributed by atoms with Gasteiger partial charge in [0.1, 0.15) is 29.9 Å². The second kappa shape index (κ2) is 5.86. The van der Waals surface area contributed by atoms with Gasteiger partial charge in [0.15, 0.2) is 0 Å². The highest BCUT2D eigenvalue weighted by Crippen LogP contribution is 2.29. The molecule has 0 amide bonds. The highest BCUT2D eigenvalue weighted by molar-refractivity contribution is 7.99. The van der Waals surface area contributed by atoms with Gasteiger partial charge in [0.05, 0.1) is 0 Å². The summed E-state index contributed by atoms with van der Waals surface area (Å²) in [7, 11) is 0. The van der Waals surface area contributed by atoms with Gasteiger partial charge in [0.2, 0.25) is 0 Å². The summed E-state index contributed by atoms with van der Waals surface area (Å²) in [6, 6.07) is -0.603. The number of ether oxygens (including phenoxy) is 1. The monoisotopic (exact) mass is 271 g/mol. The molecule has 0 spiro atoms. The Balaban J connectivity index is 2.78. The van der Waals surface area contributed by atoms with Crippen molar-refractivity contribution >= 4 is 23.4 Å². The van der Waals surface area contributed by atoms with Crippen LogP contribution in [-0.2, 0) is 4.74 Å². The van der Waals surface area contributed by atoms with Crippen molar-refractivity contribution in [1.82, 2.24) is 0 Å². The number of thioether (sulfide) groups is 1. The van der Waals surface area contributed by atoms with Crippen LogP contribution >= 0.6 is 23.4 Å². The van der Waals surface area contributed by atoms with Gasteiger partial charge in [-0.1, -0.05) is 0 Å². The van der Waals surface area contributed by atoms with Crippen molar-refractivity contribution in [3.8, 4) is 0 Å². The van der Waals surface area contributed by atoms with E-state index in [0.29, 0.717) is 0 Å². The first kappa shape index (κ1) is 14.5. The quantitative estimate of drug-likeness (QED) is 0.498. The van der Waals surface area contributed by atoms with Crippen molar-refractivity contribution in [2.45, 2.75) is 48.2 Å². The lowest BCUT2D eigenvalue weighted by atomic mass is 9.94. The third kappa shape index (κ3) is 2.81. The van der Waals surface area contributed by atoms with Crippen molar-refractivity contribution in [3.63, 3.8) is 0 Å². The molecule has 1 aliphatic heterocycles. The summed E-state index contributed by atoms with van der Waals surface area (Å²) < 4.78 is 5.45. The third-order valence-corrected chi connectivity index (χ3v) is 3.89. The smallest absolute Gasteiger partial charge is 0.132 e. The average molecular weight is 272 g/mol. The minimum absolute atomic E-state index is 0.399. The second-order valence-electron chi connectivity index (χ2n) is 3.93. The second-order valence-corrected chi connectivity index (χ2v) is 5.56. The number of rotatable bonds is 3. The molecule has 0 bridgehead atoms. The van der Waals surface area contributed by atoms with Gasteiger partial charge in [-0.25, -0.2) is 0 Å². The molecule has 0 aliphatic carbocycles. The number of alkyl halides is 1. The Morgan fingerprint density at radius 1 is 1.25 bits per heavy atom. The number of aliphatic hydroxyl groups is 3. The first-order valence-corrected chi connectivity index (χ1v) is 6.74. The van der Waals surface area contributed by atoms with E-state index in [1.54, 1.807) is 13.2 Å². The fourth-order valence-electron chi connectivity index (χ4n) is 1.65. The maximum absolute atomic E-state index is 9.76. The van der Waals surface area contributed by atoms with Crippen LogP contribution in [0.4, 0.5) is 0 Å². The van der Waals surface area contributed by atoms with E-state index in [2.05, 4.69) is 0 Å². The fraction of sp³-hybridized carbons (Fsp3) is 1.00. The Kier molecular flexibility index (Phi) is 5.31. The lowest BCUT2D eigenvalue weighted by Crippen LogP contribution is -2.62. The predicted octanol–water partition coefficient (Wildman–Crippen LogP) is -0.888. The molecule has 5 N–H and O–H groups in total. The lowest BCUT2D eigenvalue weighted by Gasteiger charge is -2.42. The normalized spacial score (nSPS) is 44.1. The van der Waals surface area contributed by atoms with E-state index in [-0.39, 0.29) is 0 Å². The summed E-state index contributed by atoms with van der Waals surface area (Å²) in [5.41, 5.74) is 5.18. The van der Waals surface area contributed by atoms with E-state index < -0.39 is 41.3 Å². The molecule has 3 unspecified atom stereocenters. The molecule has 16 heavy (non-hydrogen) atoms. The molecule has 0 aromatic rings. The molecule has 0 radical (unpaired) electrons. The molecule has 1 aliphatic rings. The zero-order valence-corrected chi connectivity index (χ0v) is 10.7. The molecule has 1 heterocycles. The van der Waals surface area contributed by atoms with Crippen molar-refractivity contribution in [2.75, 3.05) is 6.26 Å². The topological polar surface area (TPSA) is 95.9 Å². The number of nitrogens with two attached hydrogens (primary N) is 1. The molecular formula is C9H18ClNO4S. The Morgan fingerprint density at radius 2 is 1.81 bits per heavy atom. The summed E-state index contributed by atoms with van der Waals surface area (Å²) >= 11 is 7.09. The van der Waals surface area contributed by atoms with Gasteiger partial charge < -0.3 is 25.8 Å². The van der Waals surface area contributed by atoms with Gasteiger partial charge in [-0.2, -0.15) is 0 Å². The van der Waals surface area contributed by atoms with E-state index >= 15 is 0 Å². The molecule has 1 fully saturated rings. The highest BCUT2D eigenvalue weighted by Gasteiger charge is 2.46. The molecule has 7 atom stereocenters. The average Bonchev–Trinajstić information content (AvgIpc) is 2.25. The number of hydrogen-bond donors (Lipinski definition) is 4. The van der Waals surface area contributed by atoms with E-state index in [1.165, 1.54) is 11.8 Å².